The fourth-order valence-electron chi connectivity index (χ4n) is 1.15. The zero-order valence-corrected chi connectivity index (χ0v) is 8.34. The average Bonchev–Trinajstić information content (AvgIpc) is 2.32. The Labute approximate surface area is 90.8 Å². The molecule has 0 atom stereocenters. The van der Waals surface area contributed by atoms with Crippen molar-refractivity contribution in [1.82, 2.24) is 20.2 Å². The Morgan fingerprint density at radius 3 is 3.12 bits per heavy atom. The van der Waals surface area contributed by atoms with E-state index in [1.807, 2.05) is 6.07 Å². The number of rotatable bonds is 3. The maximum absolute atomic E-state index is 11.2. The molecule has 0 spiro atoms. The molecule has 2 heterocycles. The van der Waals surface area contributed by atoms with Crippen molar-refractivity contribution < 1.29 is 0 Å². The molecule has 0 saturated heterocycles. The molecule has 0 aliphatic heterocycles. The maximum atomic E-state index is 11.2. The van der Waals surface area contributed by atoms with Gasteiger partial charge in [0, 0.05) is 6.20 Å². The predicted molar refractivity (Wildman–Crippen MR) is 58.6 cm³/mol. The molecule has 7 nitrogen and oxygen atoms in total. The molecule has 16 heavy (non-hydrogen) atoms. The van der Waals surface area contributed by atoms with Gasteiger partial charge in [0.25, 0.3) is 5.56 Å². The lowest BCUT2D eigenvalue weighted by Gasteiger charge is -2.05. The Hall–Kier alpha value is -2.44. The third-order valence-electron chi connectivity index (χ3n) is 1.95. The molecule has 0 saturated carbocycles. The van der Waals surface area contributed by atoms with Crippen LogP contribution >= 0.6 is 0 Å². The third kappa shape index (κ3) is 2.14. The molecule has 2 aromatic rings. The van der Waals surface area contributed by atoms with Crippen LogP contribution in [0.2, 0.25) is 0 Å². The Kier molecular flexibility index (Phi) is 2.77. The number of H-pyrrole nitrogens is 1. The van der Waals surface area contributed by atoms with Crippen molar-refractivity contribution in [3.05, 3.63) is 40.7 Å². The number of aromatic nitrogens is 4. The number of hydrogen-bond donors (Lipinski definition) is 3. The molecule has 0 bridgehead atoms. The van der Waals surface area contributed by atoms with Crippen LogP contribution < -0.4 is 16.6 Å². The van der Waals surface area contributed by atoms with Crippen LogP contribution in [0.25, 0.3) is 0 Å². The van der Waals surface area contributed by atoms with Crippen molar-refractivity contribution in [1.29, 1.82) is 0 Å². The highest BCUT2D eigenvalue weighted by molar-refractivity contribution is 5.58. The van der Waals surface area contributed by atoms with Crippen molar-refractivity contribution >= 4 is 11.5 Å². The van der Waals surface area contributed by atoms with E-state index in [1.165, 1.54) is 6.33 Å². The number of anilines is 2. The van der Waals surface area contributed by atoms with Gasteiger partial charge in [-0.05, 0) is 12.1 Å². The van der Waals surface area contributed by atoms with Crippen molar-refractivity contribution in [2.45, 2.75) is 6.54 Å². The van der Waals surface area contributed by atoms with Crippen LogP contribution in [0.4, 0.5) is 11.5 Å². The summed E-state index contributed by atoms with van der Waals surface area (Å²) < 4.78 is 0. The average molecular weight is 218 g/mol. The molecule has 0 amide bonds. The van der Waals surface area contributed by atoms with Gasteiger partial charge in [-0.1, -0.05) is 0 Å². The van der Waals surface area contributed by atoms with E-state index in [1.54, 1.807) is 12.3 Å². The van der Waals surface area contributed by atoms with Crippen molar-refractivity contribution in [3.8, 4) is 0 Å². The summed E-state index contributed by atoms with van der Waals surface area (Å²) in [7, 11) is 0. The number of nitrogen functional groups attached to an aromatic ring is 1. The van der Waals surface area contributed by atoms with Crippen LogP contribution in [0.15, 0.2) is 29.5 Å². The van der Waals surface area contributed by atoms with Crippen LogP contribution in [0.5, 0.6) is 0 Å². The zero-order valence-electron chi connectivity index (χ0n) is 8.34. The zero-order chi connectivity index (χ0) is 11.4. The van der Waals surface area contributed by atoms with E-state index >= 15 is 0 Å². The van der Waals surface area contributed by atoms with E-state index in [4.69, 9.17) is 5.73 Å². The second-order valence-electron chi connectivity index (χ2n) is 3.06. The molecule has 0 aromatic carbocycles. The van der Waals surface area contributed by atoms with E-state index < -0.39 is 0 Å². The van der Waals surface area contributed by atoms with Gasteiger partial charge in [0.05, 0.1) is 18.6 Å². The van der Waals surface area contributed by atoms with Gasteiger partial charge < -0.3 is 16.0 Å². The maximum Gasteiger partial charge on any atom is 0.276 e. The van der Waals surface area contributed by atoms with Crippen LogP contribution in [0.1, 0.15) is 5.69 Å². The predicted octanol–water partition coefficient (Wildman–Crippen LogP) is -0.246. The van der Waals surface area contributed by atoms with Gasteiger partial charge in [-0.2, -0.15) is 10.2 Å². The fourth-order valence-corrected chi connectivity index (χ4v) is 1.15. The molecule has 0 fully saturated rings. The highest BCUT2D eigenvalue weighted by atomic mass is 16.1. The van der Waals surface area contributed by atoms with Gasteiger partial charge >= 0.3 is 0 Å². The Morgan fingerprint density at radius 1 is 1.50 bits per heavy atom. The molecule has 0 aliphatic rings. The minimum absolute atomic E-state index is 0.0615. The minimum Gasteiger partial charge on any atom is -0.391 e. The van der Waals surface area contributed by atoms with Crippen molar-refractivity contribution in [2.24, 2.45) is 0 Å². The first kappa shape index (κ1) is 10.1. The normalized spacial score (nSPS) is 10.0. The van der Waals surface area contributed by atoms with Crippen molar-refractivity contribution in [3.63, 3.8) is 0 Å². The molecule has 7 heteroatoms. The number of nitrogens with two attached hydrogens (primary N) is 1. The van der Waals surface area contributed by atoms with E-state index in [0.717, 1.165) is 5.69 Å². The third-order valence-corrected chi connectivity index (χ3v) is 1.95. The molecule has 0 aliphatic carbocycles. The topological polar surface area (TPSA) is 110 Å². The molecule has 2 rings (SSSR count). The van der Waals surface area contributed by atoms with Gasteiger partial charge in [-0.25, -0.2) is 4.98 Å². The molecular formula is C9H10N6O. The number of aromatic amines is 1. The van der Waals surface area contributed by atoms with E-state index in [0.29, 0.717) is 12.4 Å². The van der Waals surface area contributed by atoms with Crippen LogP contribution in [-0.4, -0.2) is 20.2 Å². The van der Waals surface area contributed by atoms with Crippen LogP contribution in [0, 0.1) is 0 Å². The lowest BCUT2D eigenvalue weighted by molar-refractivity contribution is 0.918. The molecule has 4 N–H and O–H groups in total. The summed E-state index contributed by atoms with van der Waals surface area (Å²) in [5, 5.41) is 10.5. The first-order chi connectivity index (χ1) is 7.77. The van der Waals surface area contributed by atoms with Gasteiger partial charge in [0.1, 0.15) is 5.69 Å². The molecule has 82 valence electrons. The second kappa shape index (κ2) is 4.39. The van der Waals surface area contributed by atoms with Crippen molar-refractivity contribution in [2.75, 3.05) is 11.1 Å². The summed E-state index contributed by atoms with van der Waals surface area (Å²) in [4.78, 5) is 17.5. The molecule has 2 aromatic heterocycles. The number of nitrogens with one attached hydrogen (secondary N) is 2. The van der Waals surface area contributed by atoms with Crippen LogP contribution in [-0.2, 0) is 6.54 Å². The lowest BCUT2D eigenvalue weighted by Crippen LogP contribution is -2.16. The summed E-state index contributed by atoms with van der Waals surface area (Å²) in [6, 6.07) is 3.59. The van der Waals surface area contributed by atoms with Gasteiger partial charge in [-0.3, -0.25) is 4.79 Å². The minimum atomic E-state index is -0.364. The Balaban J connectivity index is 2.11. The smallest absolute Gasteiger partial charge is 0.276 e. The summed E-state index contributed by atoms with van der Waals surface area (Å²) in [5.74, 6) is 0.342. The van der Waals surface area contributed by atoms with Gasteiger partial charge in [0.15, 0.2) is 5.82 Å². The number of nitrogens with zero attached hydrogens (tertiary/aromatic N) is 3. The summed E-state index contributed by atoms with van der Waals surface area (Å²) >= 11 is 0. The fraction of sp³-hybridized carbons (Fsp3) is 0.111. The summed E-state index contributed by atoms with van der Waals surface area (Å²) in [6.45, 7) is 0.411. The highest BCUT2D eigenvalue weighted by Gasteiger charge is 2.03. The monoisotopic (exact) mass is 218 g/mol. The quantitative estimate of drug-likeness (QED) is 0.655. The summed E-state index contributed by atoms with van der Waals surface area (Å²) in [6.07, 6.45) is 2.88. The largest absolute Gasteiger partial charge is 0.391 e. The standard InChI is InChI=1S/C9H10N6O/c10-7-8(12-5-13-9(7)16)11-4-6-2-1-3-14-15-6/h1-3,5H,4,10H2,(H2,11,12,13,16). The van der Waals surface area contributed by atoms with E-state index in [9.17, 15) is 4.79 Å². The summed E-state index contributed by atoms with van der Waals surface area (Å²) in [5.41, 5.74) is 5.98. The van der Waals surface area contributed by atoms with Gasteiger partial charge in [-0.15, -0.1) is 0 Å². The Bertz CT molecular complexity index is 523. The van der Waals surface area contributed by atoms with E-state index in [2.05, 4.69) is 25.5 Å². The molecule has 0 unspecified atom stereocenters. The SMILES string of the molecule is Nc1c(NCc2cccnn2)nc[nH]c1=O. The number of hydrogen-bond acceptors (Lipinski definition) is 6. The second-order valence-corrected chi connectivity index (χ2v) is 3.06. The molecule has 0 radical (unpaired) electrons. The van der Waals surface area contributed by atoms with Gasteiger partial charge in [0.2, 0.25) is 0 Å². The first-order valence-electron chi connectivity index (χ1n) is 4.61. The lowest BCUT2D eigenvalue weighted by atomic mass is 10.4. The highest BCUT2D eigenvalue weighted by Crippen LogP contribution is 2.08. The Morgan fingerprint density at radius 2 is 2.38 bits per heavy atom. The van der Waals surface area contributed by atoms with E-state index in [-0.39, 0.29) is 11.2 Å². The first-order valence-corrected chi connectivity index (χ1v) is 4.61. The molecular weight excluding hydrogens is 208 g/mol. The van der Waals surface area contributed by atoms with Crippen LogP contribution in [0.3, 0.4) is 0 Å².